The molecule has 0 atom stereocenters. The average Bonchev–Trinajstić information content (AvgIpc) is 2.36. The molecule has 1 fully saturated rings. The van der Waals surface area contributed by atoms with E-state index in [0.717, 1.165) is 10.0 Å². The standard InChI is InChI=1S/C17H14Cl2/c18-15-8-4-13(5-9-15)17(12-2-1-3-12)14-6-10-16(19)11-7-14/h4-11H,1-3H2. The van der Waals surface area contributed by atoms with Crippen LogP contribution in [0.1, 0.15) is 30.4 Å². The molecule has 0 aliphatic heterocycles. The first-order valence-electron chi connectivity index (χ1n) is 6.48. The minimum atomic E-state index is 0.776. The summed E-state index contributed by atoms with van der Waals surface area (Å²) in [6.45, 7) is 0. The van der Waals surface area contributed by atoms with Crippen molar-refractivity contribution in [3.63, 3.8) is 0 Å². The van der Waals surface area contributed by atoms with Crippen LogP contribution in [-0.2, 0) is 0 Å². The third-order valence-corrected chi connectivity index (χ3v) is 4.08. The molecule has 0 radical (unpaired) electrons. The van der Waals surface area contributed by atoms with Gasteiger partial charge in [-0.2, -0.15) is 0 Å². The highest BCUT2D eigenvalue weighted by molar-refractivity contribution is 6.31. The van der Waals surface area contributed by atoms with E-state index in [1.807, 2.05) is 24.3 Å². The normalized spacial score (nSPS) is 14.1. The van der Waals surface area contributed by atoms with Crippen molar-refractivity contribution in [1.29, 1.82) is 0 Å². The van der Waals surface area contributed by atoms with Gasteiger partial charge >= 0.3 is 0 Å². The van der Waals surface area contributed by atoms with Crippen LogP contribution in [0.2, 0.25) is 10.0 Å². The molecule has 0 heterocycles. The fraction of sp³-hybridized carbons (Fsp3) is 0.176. The van der Waals surface area contributed by atoms with Gasteiger partial charge < -0.3 is 0 Å². The van der Waals surface area contributed by atoms with Crippen molar-refractivity contribution in [2.45, 2.75) is 19.3 Å². The summed E-state index contributed by atoms with van der Waals surface area (Å²) < 4.78 is 0. The van der Waals surface area contributed by atoms with E-state index in [9.17, 15) is 0 Å². The van der Waals surface area contributed by atoms with E-state index in [4.69, 9.17) is 23.2 Å². The number of halogens is 2. The summed E-state index contributed by atoms with van der Waals surface area (Å²) >= 11 is 12.0. The second-order valence-electron chi connectivity index (χ2n) is 4.85. The maximum Gasteiger partial charge on any atom is 0.0406 e. The van der Waals surface area contributed by atoms with Crippen LogP contribution in [0.5, 0.6) is 0 Å². The molecule has 0 nitrogen and oxygen atoms in total. The minimum absolute atomic E-state index is 0.776. The second kappa shape index (κ2) is 5.40. The van der Waals surface area contributed by atoms with E-state index >= 15 is 0 Å². The van der Waals surface area contributed by atoms with Gasteiger partial charge in [-0.15, -0.1) is 0 Å². The Morgan fingerprint density at radius 3 is 1.42 bits per heavy atom. The first-order valence-corrected chi connectivity index (χ1v) is 7.23. The lowest BCUT2D eigenvalue weighted by atomic mass is 9.82. The molecule has 96 valence electrons. The lowest BCUT2D eigenvalue weighted by Crippen LogP contribution is -2.03. The maximum absolute atomic E-state index is 5.98. The molecule has 19 heavy (non-hydrogen) atoms. The third-order valence-electron chi connectivity index (χ3n) is 3.58. The van der Waals surface area contributed by atoms with Crippen molar-refractivity contribution in [3.05, 3.63) is 75.3 Å². The van der Waals surface area contributed by atoms with Gasteiger partial charge in [-0.25, -0.2) is 0 Å². The summed E-state index contributed by atoms with van der Waals surface area (Å²) in [7, 11) is 0. The van der Waals surface area contributed by atoms with Crippen LogP contribution >= 0.6 is 23.2 Å². The van der Waals surface area contributed by atoms with Gasteiger partial charge in [0.25, 0.3) is 0 Å². The SMILES string of the molecule is Clc1ccc(C(=C2CCC2)c2ccc(Cl)cc2)cc1. The van der Waals surface area contributed by atoms with Crippen molar-refractivity contribution in [2.24, 2.45) is 0 Å². The van der Waals surface area contributed by atoms with Gasteiger partial charge in [-0.3, -0.25) is 0 Å². The lowest BCUT2D eigenvalue weighted by Gasteiger charge is -2.23. The lowest BCUT2D eigenvalue weighted by molar-refractivity contribution is 0.666. The van der Waals surface area contributed by atoms with Gasteiger partial charge in [0, 0.05) is 10.0 Å². The zero-order valence-electron chi connectivity index (χ0n) is 10.5. The molecule has 0 bridgehead atoms. The van der Waals surface area contributed by atoms with Crippen LogP contribution in [0.3, 0.4) is 0 Å². The summed E-state index contributed by atoms with van der Waals surface area (Å²) in [5.74, 6) is 0. The highest BCUT2D eigenvalue weighted by Crippen LogP contribution is 2.38. The molecular formula is C17H14Cl2. The molecular weight excluding hydrogens is 275 g/mol. The predicted molar refractivity (Wildman–Crippen MR) is 82.8 cm³/mol. The molecule has 3 rings (SSSR count). The molecule has 2 aromatic rings. The zero-order valence-corrected chi connectivity index (χ0v) is 12.0. The van der Waals surface area contributed by atoms with Gasteiger partial charge in [0.2, 0.25) is 0 Å². The molecule has 0 N–H and O–H groups in total. The minimum Gasteiger partial charge on any atom is -0.0843 e. The molecule has 1 aliphatic rings. The van der Waals surface area contributed by atoms with Crippen LogP contribution in [0.4, 0.5) is 0 Å². The molecule has 0 amide bonds. The predicted octanol–water partition coefficient (Wildman–Crippen LogP) is 5.98. The molecule has 0 aromatic heterocycles. The van der Waals surface area contributed by atoms with E-state index in [-0.39, 0.29) is 0 Å². The third kappa shape index (κ3) is 2.70. The van der Waals surface area contributed by atoms with Crippen LogP contribution in [0.25, 0.3) is 5.57 Å². The van der Waals surface area contributed by atoms with Crippen molar-refractivity contribution >= 4 is 28.8 Å². The topological polar surface area (TPSA) is 0 Å². The summed E-state index contributed by atoms with van der Waals surface area (Å²) in [5.41, 5.74) is 5.35. The van der Waals surface area contributed by atoms with E-state index in [1.165, 1.54) is 41.5 Å². The highest BCUT2D eigenvalue weighted by Gasteiger charge is 2.17. The Morgan fingerprint density at radius 2 is 1.11 bits per heavy atom. The summed E-state index contributed by atoms with van der Waals surface area (Å²) in [6, 6.07) is 16.2. The fourth-order valence-corrected chi connectivity index (χ4v) is 2.66. The summed E-state index contributed by atoms with van der Waals surface area (Å²) in [6.07, 6.45) is 3.68. The first kappa shape index (κ1) is 12.8. The Balaban J connectivity index is 2.09. The Morgan fingerprint density at radius 1 is 0.684 bits per heavy atom. The highest BCUT2D eigenvalue weighted by atomic mass is 35.5. The van der Waals surface area contributed by atoms with Crippen LogP contribution in [0, 0.1) is 0 Å². The number of allylic oxidation sites excluding steroid dienone is 1. The smallest absolute Gasteiger partial charge is 0.0406 e. The van der Waals surface area contributed by atoms with Gasteiger partial charge in [0.1, 0.15) is 0 Å². The van der Waals surface area contributed by atoms with Gasteiger partial charge in [0.05, 0.1) is 0 Å². The number of benzene rings is 2. The Hall–Kier alpha value is -1.24. The second-order valence-corrected chi connectivity index (χ2v) is 5.72. The largest absolute Gasteiger partial charge is 0.0843 e. The summed E-state index contributed by atoms with van der Waals surface area (Å²) in [4.78, 5) is 0. The molecule has 2 heteroatoms. The van der Waals surface area contributed by atoms with Crippen LogP contribution < -0.4 is 0 Å². The van der Waals surface area contributed by atoms with E-state index in [2.05, 4.69) is 24.3 Å². The van der Waals surface area contributed by atoms with Gasteiger partial charge in [-0.05, 0) is 60.2 Å². The Kier molecular flexibility index (Phi) is 3.63. The quantitative estimate of drug-likeness (QED) is 0.638. The number of hydrogen-bond acceptors (Lipinski definition) is 0. The van der Waals surface area contributed by atoms with Crippen molar-refractivity contribution in [3.8, 4) is 0 Å². The Labute approximate surface area is 123 Å². The van der Waals surface area contributed by atoms with Crippen LogP contribution in [-0.4, -0.2) is 0 Å². The maximum atomic E-state index is 5.98. The van der Waals surface area contributed by atoms with E-state index < -0.39 is 0 Å². The average molecular weight is 289 g/mol. The van der Waals surface area contributed by atoms with Gasteiger partial charge in [0.15, 0.2) is 0 Å². The molecule has 1 aliphatic carbocycles. The fourth-order valence-electron chi connectivity index (χ4n) is 2.41. The molecule has 2 aromatic carbocycles. The molecule has 0 spiro atoms. The molecule has 0 unspecified atom stereocenters. The Bertz CT molecular complexity index is 553. The van der Waals surface area contributed by atoms with E-state index in [1.54, 1.807) is 0 Å². The van der Waals surface area contributed by atoms with E-state index in [0.29, 0.717) is 0 Å². The van der Waals surface area contributed by atoms with Crippen molar-refractivity contribution < 1.29 is 0 Å². The first-order chi connectivity index (χ1) is 9.24. The molecule has 1 saturated carbocycles. The van der Waals surface area contributed by atoms with Gasteiger partial charge in [-0.1, -0.05) is 53.0 Å². The van der Waals surface area contributed by atoms with Crippen molar-refractivity contribution in [1.82, 2.24) is 0 Å². The van der Waals surface area contributed by atoms with Crippen molar-refractivity contribution in [2.75, 3.05) is 0 Å². The number of rotatable bonds is 2. The number of hydrogen-bond donors (Lipinski definition) is 0. The summed E-state index contributed by atoms with van der Waals surface area (Å²) in [5, 5.41) is 1.55. The van der Waals surface area contributed by atoms with Crippen LogP contribution in [0.15, 0.2) is 54.1 Å². The monoisotopic (exact) mass is 288 g/mol. The molecule has 0 saturated heterocycles. The zero-order chi connectivity index (χ0) is 13.2.